The number of ether oxygens (including phenoxy) is 9. The van der Waals surface area contributed by atoms with Gasteiger partial charge in [0.15, 0.2) is 5.84 Å². The average molecular weight is 1040 g/mol. The number of aliphatic hydroxyl groups excluding tert-OH is 3. The summed E-state index contributed by atoms with van der Waals surface area (Å²) in [6.07, 6.45) is 16.9. The molecule has 3 rings (SSSR count). The highest BCUT2D eigenvalue weighted by molar-refractivity contribution is 6.17. The highest BCUT2D eigenvalue weighted by Crippen LogP contribution is 2.33. The van der Waals surface area contributed by atoms with Gasteiger partial charge in [-0.05, 0) is 87.8 Å². The fourth-order valence-corrected chi connectivity index (χ4v) is 8.16. The molecule has 0 bridgehead atoms. The lowest BCUT2D eigenvalue weighted by Crippen LogP contribution is -2.49. The Kier molecular flexibility index (Phi) is 33.5. The predicted molar refractivity (Wildman–Crippen MR) is 290 cm³/mol. The number of unbranched alkanes of at least 4 members (excludes halogenated alkanes) is 13. The van der Waals surface area contributed by atoms with E-state index in [1.165, 1.54) is 70.6 Å². The van der Waals surface area contributed by atoms with Crippen molar-refractivity contribution in [1.29, 1.82) is 0 Å². The van der Waals surface area contributed by atoms with E-state index in [1.54, 1.807) is 13.8 Å². The van der Waals surface area contributed by atoms with Crippen molar-refractivity contribution in [3.8, 4) is 0 Å². The molecule has 3 N–H and O–H groups in total. The van der Waals surface area contributed by atoms with Crippen LogP contribution in [0.5, 0.6) is 0 Å². The van der Waals surface area contributed by atoms with Gasteiger partial charge in [0.2, 0.25) is 5.88 Å². The molecule has 1 aromatic rings. The van der Waals surface area contributed by atoms with E-state index < -0.39 is 18.3 Å². The van der Waals surface area contributed by atoms with Gasteiger partial charge in [-0.15, -0.1) is 0 Å². The molecule has 0 aliphatic carbocycles. The van der Waals surface area contributed by atoms with Crippen LogP contribution in [0.25, 0.3) is 0 Å². The minimum Gasteiger partial charge on any atom is -0.475 e. The minimum absolute atomic E-state index is 0.134. The van der Waals surface area contributed by atoms with E-state index in [9.17, 15) is 15.3 Å². The number of aliphatic hydroxyl groups is 3. The summed E-state index contributed by atoms with van der Waals surface area (Å²) in [5.74, 6) is 1.60. The molecule has 0 saturated carbocycles. The Hall–Kier alpha value is -2.74. The third-order valence-electron chi connectivity index (χ3n) is 12.5. The lowest BCUT2D eigenvalue weighted by molar-refractivity contribution is -0.0951. The van der Waals surface area contributed by atoms with Crippen molar-refractivity contribution in [2.75, 3.05) is 66.0 Å². The molecule has 2 aliphatic heterocycles. The SMILES string of the molecule is CCCCCCCCCCCCCCCCC(O)C1=Nc2ccccc2C2=NN(CC(C)OCC(C)OCC(C)OCC(C)OCC(C)O)C=C(OCC(C)OCC(C)OCC(C)OCC(C)OCC(C)O)N21. The quantitative estimate of drug-likeness (QED) is 0.0527. The first-order valence-corrected chi connectivity index (χ1v) is 28.2. The maximum atomic E-state index is 11.9. The van der Waals surface area contributed by atoms with Crippen molar-refractivity contribution in [2.45, 2.75) is 240 Å². The molecule has 0 amide bonds. The number of rotatable bonds is 45. The summed E-state index contributed by atoms with van der Waals surface area (Å²) in [5.41, 5.74) is 1.58. The van der Waals surface area contributed by atoms with Gasteiger partial charge in [0.05, 0.1) is 132 Å². The monoisotopic (exact) mass is 1030 g/mol. The summed E-state index contributed by atoms with van der Waals surface area (Å²) in [5, 5.41) is 37.9. The first-order valence-electron chi connectivity index (χ1n) is 28.2. The van der Waals surface area contributed by atoms with Gasteiger partial charge in [-0.3, -0.25) is 5.01 Å². The van der Waals surface area contributed by atoms with Crippen molar-refractivity contribution >= 4 is 17.4 Å². The van der Waals surface area contributed by atoms with Gasteiger partial charge in [0, 0.05) is 5.56 Å². The summed E-state index contributed by atoms with van der Waals surface area (Å²) in [4.78, 5) is 6.93. The standard InChI is InChI=1S/C57H102N4O12/c1-12-13-14-15-16-17-18-19-20-21-22-23-24-25-30-54(64)57-58-53-29-27-26-28-52(53)56-59-60(31-44(4)67-35-47(7)70-38-48(8)68-36-45(5)65-33-42(2)62)32-55(61(56)57)73-41-51(11)72-40-50(10)71-39-49(9)69-37-46(6)66-34-43(3)63/h26-29,32,42-51,54,62-64H,12-25,30-31,33-41H2,1-11H3. The smallest absolute Gasteiger partial charge is 0.219 e. The Labute approximate surface area is 441 Å². The number of benzene rings is 1. The third-order valence-corrected chi connectivity index (χ3v) is 12.5. The Balaban J connectivity index is 1.62. The fourth-order valence-electron chi connectivity index (χ4n) is 8.16. The van der Waals surface area contributed by atoms with E-state index in [4.69, 9.17) is 52.7 Å². The van der Waals surface area contributed by atoms with Crippen LogP contribution >= 0.6 is 0 Å². The van der Waals surface area contributed by atoms with E-state index in [2.05, 4.69) is 6.92 Å². The van der Waals surface area contributed by atoms with Gasteiger partial charge < -0.3 is 58.0 Å². The number of nitrogens with zero attached hydrogens (tertiary/aromatic N) is 4. The highest BCUT2D eigenvalue weighted by atomic mass is 16.6. The zero-order chi connectivity index (χ0) is 53.4. The summed E-state index contributed by atoms with van der Waals surface area (Å²) in [6.45, 7) is 24.9. The first-order chi connectivity index (χ1) is 35.1. The van der Waals surface area contributed by atoms with Gasteiger partial charge in [0.1, 0.15) is 18.5 Å². The summed E-state index contributed by atoms with van der Waals surface area (Å²) >= 11 is 0. The molecular weight excluding hydrogens is 933 g/mol. The Morgan fingerprint density at radius 3 is 1.29 bits per heavy atom. The molecule has 73 heavy (non-hydrogen) atoms. The minimum atomic E-state index is -0.837. The van der Waals surface area contributed by atoms with Crippen molar-refractivity contribution in [3.63, 3.8) is 0 Å². The number of aliphatic imine (C=N–C) groups is 1. The molecule has 0 radical (unpaired) electrons. The maximum absolute atomic E-state index is 11.9. The summed E-state index contributed by atoms with van der Waals surface area (Å²) in [7, 11) is 0. The first kappa shape index (κ1) is 64.5. The fraction of sp³-hybridized carbons (Fsp3) is 0.825. The van der Waals surface area contributed by atoms with Crippen LogP contribution in [0.2, 0.25) is 0 Å². The van der Waals surface area contributed by atoms with Gasteiger partial charge in [-0.2, -0.15) is 5.10 Å². The molecule has 2 heterocycles. The summed E-state index contributed by atoms with van der Waals surface area (Å²) in [6, 6.07) is 7.89. The lowest BCUT2D eigenvalue weighted by atomic mass is 10.0. The third kappa shape index (κ3) is 28.3. The van der Waals surface area contributed by atoms with Crippen LogP contribution in [-0.2, 0) is 42.6 Å². The number of para-hydroxylation sites is 1. The number of hydrazone groups is 1. The molecule has 16 heteroatoms. The average Bonchev–Trinajstić information content (AvgIpc) is 3.37. The molecule has 0 fully saturated rings. The van der Waals surface area contributed by atoms with E-state index in [0.29, 0.717) is 70.2 Å². The normalized spacial score (nSPS) is 18.3. The van der Waals surface area contributed by atoms with Gasteiger partial charge in [0.25, 0.3) is 0 Å². The van der Waals surface area contributed by atoms with E-state index >= 15 is 0 Å². The Bertz CT molecular complexity index is 1670. The van der Waals surface area contributed by atoms with Crippen molar-refractivity contribution in [3.05, 3.63) is 41.9 Å². The Morgan fingerprint density at radius 1 is 0.466 bits per heavy atom. The van der Waals surface area contributed by atoms with Crippen LogP contribution in [-0.4, -0.2) is 170 Å². The zero-order valence-corrected chi connectivity index (χ0v) is 47.2. The summed E-state index contributed by atoms with van der Waals surface area (Å²) < 4.78 is 54.3. The van der Waals surface area contributed by atoms with Crippen LogP contribution in [0.1, 0.15) is 178 Å². The van der Waals surface area contributed by atoms with Gasteiger partial charge >= 0.3 is 0 Å². The van der Waals surface area contributed by atoms with Crippen LogP contribution in [0, 0.1) is 0 Å². The van der Waals surface area contributed by atoms with Crippen LogP contribution in [0.15, 0.2) is 46.4 Å². The van der Waals surface area contributed by atoms with Gasteiger partial charge in [-0.25, -0.2) is 9.89 Å². The molecule has 0 saturated heterocycles. The molecule has 11 unspecified atom stereocenters. The number of fused-ring (bicyclic) bond motifs is 3. The molecule has 11 atom stereocenters. The van der Waals surface area contributed by atoms with Crippen LogP contribution in [0.4, 0.5) is 5.69 Å². The molecule has 0 spiro atoms. The highest BCUT2D eigenvalue weighted by Gasteiger charge is 2.37. The number of hydrogen-bond acceptors (Lipinski definition) is 16. The largest absolute Gasteiger partial charge is 0.475 e. The molecule has 2 aliphatic rings. The predicted octanol–water partition coefficient (Wildman–Crippen LogP) is 10.1. The van der Waals surface area contributed by atoms with Crippen LogP contribution in [0.3, 0.4) is 0 Å². The number of hydrogen-bond donors (Lipinski definition) is 3. The lowest BCUT2D eigenvalue weighted by Gasteiger charge is -2.39. The van der Waals surface area contributed by atoms with Crippen molar-refractivity contribution in [1.82, 2.24) is 9.91 Å². The molecule has 422 valence electrons. The second kappa shape index (κ2) is 37.9. The molecule has 1 aromatic carbocycles. The van der Waals surface area contributed by atoms with E-state index in [0.717, 1.165) is 30.5 Å². The number of amidine groups is 2. The Morgan fingerprint density at radius 2 is 0.849 bits per heavy atom. The second-order valence-corrected chi connectivity index (χ2v) is 20.9. The van der Waals surface area contributed by atoms with Crippen molar-refractivity contribution < 1.29 is 58.0 Å². The molecule has 16 nitrogen and oxygen atoms in total. The van der Waals surface area contributed by atoms with E-state index in [1.807, 2.05) is 95.8 Å². The van der Waals surface area contributed by atoms with Crippen molar-refractivity contribution in [2.24, 2.45) is 10.1 Å². The topological polar surface area (TPSA) is 175 Å². The van der Waals surface area contributed by atoms with E-state index in [-0.39, 0.29) is 68.7 Å². The molecular formula is C57H102N4O12. The zero-order valence-electron chi connectivity index (χ0n) is 47.2. The van der Waals surface area contributed by atoms with Gasteiger partial charge in [-0.1, -0.05) is 109 Å². The second-order valence-electron chi connectivity index (χ2n) is 20.9. The maximum Gasteiger partial charge on any atom is 0.219 e. The molecule has 0 aromatic heterocycles. The van der Waals surface area contributed by atoms with Crippen LogP contribution < -0.4 is 0 Å².